The van der Waals surface area contributed by atoms with E-state index in [-0.39, 0.29) is 23.0 Å². The van der Waals surface area contributed by atoms with Crippen LogP contribution in [0.2, 0.25) is 0 Å². The number of rotatable bonds is 3. The lowest BCUT2D eigenvalue weighted by molar-refractivity contribution is -0.385. The summed E-state index contributed by atoms with van der Waals surface area (Å²) in [5, 5.41) is 13.8. The van der Waals surface area contributed by atoms with Crippen molar-refractivity contribution in [3.05, 3.63) is 33.9 Å². The zero-order chi connectivity index (χ0) is 13.8. The van der Waals surface area contributed by atoms with E-state index < -0.39 is 10.8 Å². The van der Waals surface area contributed by atoms with E-state index >= 15 is 0 Å². The number of nitro benzene ring substituents is 1. The van der Waals surface area contributed by atoms with E-state index in [4.69, 9.17) is 5.73 Å². The van der Waals surface area contributed by atoms with E-state index in [0.29, 0.717) is 0 Å². The molecule has 0 spiro atoms. The molecule has 1 heterocycles. The van der Waals surface area contributed by atoms with Crippen LogP contribution in [0, 0.1) is 10.1 Å². The minimum Gasteiger partial charge on any atom is -0.398 e. The number of nitrogens with one attached hydrogen (secondary N) is 1. The van der Waals surface area contributed by atoms with Crippen LogP contribution in [0.15, 0.2) is 18.2 Å². The first-order valence-electron chi connectivity index (χ1n) is 6.01. The van der Waals surface area contributed by atoms with Crippen molar-refractivity contribution in [2.75, 3.05) is 17.2 Å². The molecule has 0 radical (unpaired) electrons. The molecule has 19 heavy (non-hydrogen) atoms. The molecular weight excluding hydrogens is 266 g/mol. The molecule has 1 amide bonds. The lowest BCUT2D eigenvalue weighted by Crippen LogP contribution is -2.38. The quantitative estimate of drug-likeness (QED) is 0.500. The highest BCUT2D eigenvalue weighted by atomic mass is 32.2. The van der Waals surface area contributed by atoms with Crippen LogP contribution >= 0.6 is 11.8 Å². The summed E-state index contributed by atoms with van der Waals surface area (Å²) in [6.45, 7) is 0. The van der Waals surface area contributed by atoms with Crippen molar-refractivity contribution in [3.8, 4) is 0 Å². The van der Waals surface area contributed by atoms with E-state index in [2.05, 4.69) is 5.32 Å². The van der Waals surface area contributed by atoms with Crippen molar-refractivity contribution in [3.63, 3.8) is 0 Å². The number of thioether (sulfide) groups is 1. The number of nitro groups is 1. The first kappa shape index (κ1) is 13.7. The van der Waals surface area contributed by atoms with Crippen molar-refractivity contribution in [1.82, 2.24) is 5.32 Å². The number of hydrogen-bond donors (Lipinski definition) is 2. The van der Waals surface area contributed by atoms with Gasteiger partial charge in [0.15, 0.2) is 0 Å². The van der Waals surface area contributed by atoms with Gasteiger partial charge in [0.1, 0.15) is 5.56 Å². The third-order valence-electron chi connectivity index (χ3n) is 2.99. The van der Waals surface area contributed by atoms with Gasteiger partial charge >= 0.3 is 0 Å². The summed E-state index contributed by atoms with van der Waals surface area (Å²) >= 11 is 1.78. The fourth-order valence-electron chi connectivity index (χ4n) is 2.07. The molecule has 102 valence electrons. The van der Waals surface area contributed by atoms with E-state index in [9.17, 15) is 14.9 Å². The van der Waals surface area contributed by atoms with Gasteiger partial charge < -0.3 is 11.1 Å². The number of nitrogens with zero attached hydrogens (tertiary/aromatic N) is 1. The van der Waals surface area contributed by atoms with Gasteiger partial charge in [0.05, 0.1) is 10.6 Å². The molecule has 7 heteroatoms. The highest BCUT2D eigenvalue weighted by Gasteiger charge is 2.25. The highest BCUT2D eigenvalue weighted by Crippen LogP contribution is 2.25. The molecule has 1 aliphatic heterocycles. The predicted molar refractivity (Wildman–Crippen MR) is 75.3 cm³/mol. The number of anilines is 1. The lowest BCUT2D eigenvalue weighted by atomic mass is 10.1. The maximum absolute atomic E-state index is 12.2. The zero-order valence-corrected chi connectivity index (χ0v) is 11.1. The summed E-state index contributed by atoms with van der Waals surface area (Å²) in [4.78, 5) is 22.5. The average Bonchev–Trinajstić information content (AvgIpc) is 2.39. The van der Waals surface area contributed by atoms with Crippen LogP contribution in [0.25, 0.3) is 0 Å². The van der Waals surface area contributed by atoms with Gasteiger partial charge in [0, 0.05) is 17.9 Å². The Morgan fingerprint density at radius 1 is 1.53 bits per heavy atom. The molecule has 0 saturated carbocycles. The standard InChI is InChI=1S/C12H15N3O3S/c13-9-4-1-5-10(15(17)18)11(9)12(16)14-8-3-2-6-19-7-8/h1,4-5,8H,2-3,6-7,13H2,(H,14,16). The topological polar surface area (TPSA) is 98.3 Å². The third-order valence-corrected chi connectivity index (χ3v) is 4.21. The number of carbonyl (C=O) groups is 1. The fraction of sp³-hybridized carbons (Fsp3) is 0.417. The number of hydrogen-bond acceptors (Lipinski definition) is 5. The third kappa shape index (κ3) is 3.17. The van der Waals surface area contributed by atoms with Crippen molar-refractivity contribution in [2.24, 2.45) is 0 Å². The summed E-state index contributed by atoms with van der Waals surface area (Å²) in [5.74, 6) is 1.48. The van der Waals surface area contributed by atoms with Crippen LogP contribution in [0.5, 0.6) is 0 Å². The molecule has 1 saturated heterocycles. The van der Waals surface area contributed by atoms with Gasteiger partial charge in [-0.15, -0.1) is 0 Å². The van der Waals surface area contributed by atoms with Gasteiger partial charge in [-0.25, -0.2) is 0 Å². The lowest BCUT2D eigenvalue weighted by Gasteiger charge is -2.22. The first-order chi connectivity index (χ1) is 9.09. The monoisotopic (exact) mass is 281 g/mol. The molecule has 1 aliphatic rings. The molecular formula is C12H15N3O3S. The molecule has 1 atom stereocenters. The molecule has 6 nitrogen and oxygen atoms in total. The maximum atomic E-state index is 12.2. The molecule has 0 aromatic heterocycles. The molecule has 0 bridgehead atoms. The molecule has 3 N–H and O–H groups in total. The van der Waals surface area contributed by atoms with Crippen molar-refractivity contribution < 1.29 is 9.72 Å². The Kier molecular flexibility index (Phi) is 4.26. The second-order valence-electron chi connectivity index (χ2n) is 4.39. The molecule has 0 aliphatic carbocycles. The molecule has 1 unspecified atom stereocenters. The van der Waals surface area contributed by atoms with Gasteiger partial charge in [-0.1, -0.05) is 6.07 Å². The SMILES string of the molecule is Nc1cccc([N+](=O)[O-])c1C(=O)NC1CCCSC1. The van der Waals surface area contributed by atoms with Crippen LogP contribution in [0.4, 0.5) is 11.4 Å². The van der Waals surface area contributed by atoms with Gasteiger partial charge in [0.2, 0.25) is 0 Å². The van der Waals surface area contributed by atoms with Crippen molar-refractivity contribution >= 4 is 29.0 Å². The van der Waals surface area contributed by atoms with Crippen LogP contribution < -0.4 is 11.1 Å². The van der Waals surface area contributed by atoms with Crippen LogP contribution in [0.3, 0.4) is 0 Å². The fourth-order valence-corrected chi connectivity index (χ4v) is 3.14. The number of nitrogen functional groups attached to an aromatic ring is 1. The van der Waals surface area contributed by atoms with E-state index in [1.54, 1.807) is 11.8 Å². The number of amides is 1. The zero-order valence-electron chi connectivity index (χ0n) is 10.3. The largest absolute Gasteiger partial charge is 0.398 e. The Hall–Kier alpha value is -1.76. The normalized spacial score (nSPS) is 18.8. The second kappa shape index (κ2) is 5.92. The Morgan fingerprint density at radius 3 is 2.95 bits per heavy atom. The predicted octanol–water partition coefficient (Wildman–Crippen LogP) is 1.80. The number of benzene rings is 1. The Bertz CT molecular complexity index is 501. The average molecular weight is 281 g/mol. The minimum absolute atomic E-state index is 0.0388. The highest BCUT2D eigenvalue weighted by molar-refractivity contribution is 7.99. The van der Waals surface area contributed by atoms with Gasteiger partial charge in [-0.3, -0.25) is 14.9 Å². The van der Waals surface area contributed by atoms with Gasteiger partial charge in [-0.05, 0) is 24.7 Å². The molecule has 1 fully saturated rings. The van der Waals surface area contributed by atoms with Crippen LogP contribution in [-0.2, 0) is 0 Å². The maximum Gasteiger partial charge on any atom is 0.284 e. The summed E-state index contributed by atoms with van der Waals surface area (Å²) in [6, 6.07) is 4.32. The first-order valence-corrected chi connectivity index (χ1v) is 7.16. The Morgan fingerprint density at radius 2 is 2.32 bits per heavy atom. The smallest absolute Gasteiger partial charge is 0.284 e. The summed E-state index contributed by atoms with van der Waals surface area (Å²) in [6.07, 6.45) is 1.95. The van der Waals surface area contributed by atoms with Gasteiger partial charge in [0.25, 0.3) is 11.6 Å². The summed E-state index contributed by atoms with van der Waals surface area (Å²) in [5.41, 5.74) is 5.54. The number of nitrogens with two attached hydrogens (primary N) is 1. The number of carbonyl (C=O) groups excluding carboxylic acids is 1. The Balaban J connectivity index is 2.20. The van der Waals surface area contributed by atoms with Gasteiger partial charge in [-0.2, -0.15) is 11.8 Å². The summed E-state index contributed by atoms with van der Waals surface area (Å²) < 4.78 is 0. The minimum atomic E-state index is -0.582. The molecule has 2 rings (SSSR count). The Labute approximate surface area is 114 Å². The van der Waals surface area contributed by atoms with Crippen LogP contribution in [-0.4, -0.2) is 28.4 Å². The van der Waals surface area contributed by atoms with E-state index in [0.717, 1.165) is 24.3 Å². The van der Waals surface area contributed by atoms with E-state index in [1.165, 1.54) is 18.2 Å². The van der Waals surface area contributed by atoms with Crippen molar-refractivity contribution in [2.45, 2.75) is 18.9 Å². The molecule has 1 aromatic carbocycles. The van der Waals surface area contributed by atoms with Crippen LogP contribution in [0.1, 0.15) is 23.2 Å². The summed E-state index contributed by atoms with van der Waals surface area (Å²) in [7, 11) is 0. The van der Waals surface area contributed by atoms with E-state index in [1.807, 2.05) is 0 Å². The molecule has 1 aromatic rings. The van der Waals surface area contributed by atoms with Crippen molar-refractivity contribution in [1.29, 1.82) is 0 Å². The second-order valence-corrected chi connectivity index (χ2v) is 5.54.